The monoisotopic (exact) mass is 315 g/mol. The number of alkyl halides is 1. The molecule has 1 N–H and O–H groups in total. The molecular weight excluding hydrogens is 298 g/mol. The van der Waals surface area contributed by atoms with Gasteiger partial charge in [0, 0.05) is 10.9 Å². The van der Waals surface area contributed by atoms with Gasteiger partial charge < -0.3 is 5.11 Å². The number of rotatable bonds is 5. The van der Waals surface area contributed by atoms with Gasteiger partial charge in [-0.15, -0.1) is 11.3 Å². The fraction of sp³-hybridized carbons (Fsp3) is 0.462. The van der Waals surface area contributed by atoms with E-state index in [0.717, 1.165) is 26.5 Å². The van der Waals surface area contributed by atoms with E-state index in [-0.39, 0.29) is 6.61 Å². The molecule has 94 valence electrons. The second kappa shape index (κ2) is 7.09. The van der Waals surface area contributed by atoms with E-state index in [1.165, 1.54) is 0 Å². The molecule has 1 aromatic heterocycles. The van der Waals surface area contributed by atoms with Crippen molar-refractivity contribution < 1.29 is 5.11 Å². The maximum absolute atomic E-state index is 9.20. The second-order valence-corrected chi connectivity index (χ2v) is 5.84. The summed E-state index contributed by atoms with van der Waals surface area (Å²) in [4.78, 5) is 5.46. The summed E-state index contributed by atoms with van der Waals surface area (Å²) >= 11 is 4.94. The van der Waals surface area contributed by atoms with Gasteiger partial charge in [-0.05, 0) is 12.8 Å². The van der Waals surface area contributed by atoms with E-state index in [0.29, 0.717) is 5.92 Å². The predicted molar refractivity (Wildman–Crippen MR) is 78.5 cm³/mol. The summed E-state index contributed by atoms with van der Waals surface area (Å²) < 4.78 is 0. The smallest absolute Gasteiger partial charge is 0.123 e. The van der Waals surface area contributed by atoms with Gasteiger partial charge >= 0.3 is 0 Å². The first-order valence-electron chi connectivity index (χ1n) is 5.60. The molecule has 0 aliphatic rings. The minimum atomic E-state index is 0.0701. The Labute approximate surface area is 115 Å². The van der Waals surface area contributed by atoms with Crippen molar-refractivity contribution in [3.63, 3.8) is 0 Å². The van der Waals surface area contributed by atoms with Gasteiger partial charge in [0.1, 0.15) is 5.01 Å². The molecule has 0 fully saturated rings. The van der Waals surface area contributed by atoms with Crippen LogP contribution in [0.25, 0.3) is 5.57 Å². The molecule has 1 aromatic rings. The van der Waals surface area contributed by atoms with Crippen LogP contribution in [0.15, 0.2) is 18.2 Å². The van der Waals surface area contributed by atoms with Gasteiger partial charge in [0.05, 0.1) is 17.2 Å². The number of aliphatic hydroxyl groups excluding tert-OH is 1. The van der Waals surface area contributed by atoms with Crippen LogP contribution in [-0.2, 0) is 6.61 Å². The molecule has 0 saturated heterocycles. The molecule has 0 bridgehead atoms. The number of halogens is 1. The largest absolute Gasteiger partial charge is 0.391 e. The first kappa shape index (κ1) is 14.6. The Kier molecular flexibility index (Phi) is 6.09. The summed E-state index contributed by atoms with van der Waals surface area (Å²) in [6, 6.07) is 0. The highest BCUT2D eigenvalue weighted by molar-refractivity contribution is 9.09. The number of thiazole rings is 1. The Morgan fingerprint density at radius 3 is 2.71 bits per heavy atom. The summed E-state index contributed by atoms with van der Waals surface area (Å²) in [6.07, 6.45) is 6.33. The lowest BCUT2D eigenvalue weighted by Crippen LogP contribution is -1.86. The van der Waals surface area contributed by atoms with Crippen LogP contribution < -0.4 is 0 Å². The number of aryl methyl sites for hydroxylation is 1. The first-order chi connectivity index (χ1) is 8.08. The van der Waals surface area contributed by atoms with Crippen molar-refractivity contribution in [1.29, 1.82) is 0 Å². The van der Waals surface area contributed by atoms with Crippen molar-refractivity contribution in [2.75, 3.05) is 5.33 Å². The topological polar surface area (TPSA) is 33.1 Å². The molecule has 0 amide bonds. The zero-order valence-corrected chi connectivity index (χ0v) is 12.8. The maximum Gasteiger partial charge on any atom is 0.123 e. The van der Waals surface area contributed by atoms with E-state index in [9.17, 15) is 5.11 Å². The molecule has 1 heterocycles. The van der Waals surface area contributed by atoms with Crippen LogP contribution in [0.1, 0.15) is 29.4 Å². The number of hydrogen-bond acceptors (Lipinski definition) is 3. The normalized spacial score (nSPS) is 12.9. The quantitative estimate of drug-likeness (QED) is 0.659. The molecule has 17 heavy (non-hydrogen) atoms. The van der Waals surface area contributed by atoms with Crippen molar-refractivity contribution in [2.24, 2.45) is 5.92 Å². The molecule has 0 spiro atoms. The number of aliphatic hydroxyl groups is 1. The highest BCUT2D eigenvalue weighted by Crippen LogP contribution is 2.26. The Bertz CT molecular complexity index is 421. The van der Waals surface area contributed by atoms with Gasteiger partial charge in [-0.1, -0.05) is 48.0 Å². The molecular formula is C13H18BrNOS. The summed E-state index contributed by atoms with van der Waals surface area (Å²) in [5.74, 6) is 0.478. The molecule has 0 aliphatic heterocycles. The third-order valence-corrected chi connectivity index (χ3v) is 3.75. The lowest BCUT2D eigenvalue weighted by molar-refractivity contribution is 0.284. The van der Waals surface area contributed by atoms with Gasteiger partial charge in [0.2, 0.25) is 0 Å². The molecule has 0 atom stereocenters. The number of hydrogen-bond donors (Lipinski definition) is 1. The SMILES string of the molecule is Cc1nc(C(/C=C\CBr)=C/C(C)C)sc1CO. The van der Waals surface area contributed by atoms with Crippen LogP contribution in [0, 0.1) is 12.8 Å². The summed E-state index contributed by atoms with van der Waals surface area (Å²) in [5, 5.41) is 11.0. The van der Waals surface area contributed by atoms with Crippen molar-refractivity contribution in [2.45, 2.75) is 27.4 Å². The zero-order valence-electron chi connectivity index (χ0n) is 10.4. The molecule has 2 nitrogen and oxygen atoms in total. The molecule has 0 radical (unpaired) electrons. The summed E-state index contributed by atoms with van der Waals surface area (Å²) in [6.45, 7) is 6.30. The Morgan fingerprint density at radius 1 is 1.53 bits per heavy atom. The van der Waals surface area contributed by atoms with E-state index in [1.54, 1.807) is 11.3 Å². The van der Waals surface area contributed by atoms with E-state index < -0.39 is 0 Å². The lowest BCUT2D eigenvalue weighted by Gasteiger charge is -2.00. The van der Waals surface area contributed by atoms with Gasteiger partial charge in [-0.2, -0.15) is 0 Å². The van der Waals surface area contributed by atoms with Gasteiger partial charge in [0.15, 0.2) is 0 Å². The first-order valence-corrected chi connectivity index (χ1v) is 7.54. The minimum absolute atomic E-state index is 0.0701. The summed E-state index contributed by atoms with van der Waals surface area (Å²) in [7, 11) is 0. The molecule has 0 unspecified atom stereocenters. The second-order valence-electron chi connectivity index (χ2n) is 4.11. The maximum atomic E-state index is 9.20. The minimum Gasteiger partial charge on any atom is -0.391 e. The van der Waals surface area contributed by atoms with Crippen LogP contribution >= 0.6 is 27.3 Å². The van der Waals surface area contributed by atoms with Gasteiger partial charge in [-0.25, -0.2) is 4.98 Å². The van der Waals surface area contributed by atoms with Crippen molar-refractivity contribution in [1.82, 2.24) is 4.98 Å². The molecule has 0 aliphatic carbocycles. The van der Waals surface area contributed by atoms with Crippen LogP contribution in [0.5, 0.6) is 0 Å². The Morgan fingerprint density at radius 2 is 2.24 bits per heavy atom. The highest BCUT2D eigenvalue weighted by Gasteiger charge is 2.09. The van der Waals surface area contributed by atoms with E-state index in [1.807, 2.05) is 6.92 Å². The third kappa shape index (κ3) is 4.37. The fourth-order valence-electron chi connectivity index (χ4n) is 1.43. The predicted octanol–water partition coefficient (Wildman–Crippen LogP) is 3.93. The van der Waals surface area contributed by atoms with Crippen molar-refractivity contribution in [3.8, 4) is 0 Å². The standard InChI is InChI=1S/C13H18BrNOS/c1-9(2)7-11(5-4-6-14)13-15-10(3)12(8-16)17-13/h4-5,7,9,16H,6,8H2,1-3H3/b5-4-,11-7+. The van der Waals surface area contributed by atoms with Crippen molar-refractivity contribution in [3.05, 3.63) is 33.8 Å². The lowest BCUT2D eigenvalue weighted by atomic mass is 10.1. The Hall–Kier alpha value is -0.450. The van der Waals surface area contributed by atoms with E-state index in [2.05, 4.69) is 53.0 Å². The molecule has 4 heteroatoms. The van der Waals surface area contributed by atoms with Gasteiger partial charge in [-0.3, -0.25) is 0 Å². The summed E-state index contributed by atoms with van der Waals surface area (Å²) in [5.41, 5.74) is 2.06. The number of nitrogens with zero attached hydrogens (tertiary/aromatic N) is 1. The Balaban J connectivity index is 3.08. The fourth-order valence-corrected chi connectivity index (χ4v) is 2.54. The molecule has 0 saturated carbocycles. The van der Waals surface area contributed by atoms with Gasteiger partial charge in [0.25, 0.3) is 0 Å². The van der Waals surface area contributed by atoms with Crippen LogP contribution in [0.3, 0.4) is 0 Å². The van der Waals surface area contributed by atoms with Crippen LogP contribution in [0.4, 0.5) is 0 Å². The van der Waals surface area contributed by atoms with Crippen LogP contribution in [-0.4, -0.2) is 15.4 Å². The van der Waals surface area contributed by atoms with Crippen molar-refractivity contribution >= 4 is 32.8 Å². The van der Waals surface area contributed by atoms with E-state index in [4.69, 9.17) is 0 Å². The average Bonchev–Trinajstić information content (AvgIpc) is 2.65. The zero-order chi connectivity index (χ0) is 12.8. The number of aromatic nitrogens is 1. The number of allylic oxidation sites excluding steroid dienone is 4. The van der Waals surface area contributed by atoms with Crippen LogP contribution in [0.2, 0.25) is 0 Å². The highest BCUT2D eigenvalue weighted by atomic mass is 79.9. The third-order valence-electron chi connectivity index (χ3n) is 2.18. The molecule has 1 rings (SSSR count). The average molecular weight is 316 g/mol. The molecule has 0 aromatic carbocycles. The van der Waals surface area contributed by atoms with E-state index >= 15 is 0 Å².